The molecule has 0 aromatic rings. The highest BCUT2D eigenvalue weighted by Gasteiger charge is 2.32. The number of amides is 1. The van der Waals surface area contributed by atoms with Crippen molar-refractivity contribution in [2.45, 2.75) is 117 Å². The molecule has 0 spiro atoms. The number of carbonyl (C=O) groups is 1. The number of unbranched alkanes of at least 4 members (excludes halogenated alkanes) is 8. The molecule has 7 heteroatoms. The molecule has 0 fully saturated rings. The van der Waals surface area contributed by atoms with Crippen LogP contribution in [0.3, 0.4) is 0 Å². The molecule has 27 heavy (non-hydrogen) atoms. The maximum atomic E-state index is 12.3. The fourth-order valence-electron chi connectivity index (χ4n) is 3.19. The van der Waals surface area contributed by atoms with Crippen LogP contribution < -0.4 is 11.1 Å². The van der Waals surface area contributed by atoms with Crippen LogP contribution in [0.25, 0.3) is 0 Å². The van der Waals surface area contributed by atoms with Gasteiger partial charge in [0.25, 0.3) is 0 Å². The van der Waals surface area contributed by atoms with E-state index < -0.39 is 14.7 Å². The summed E-state index contributed by atoms with van der Waals surface area (Å²) in [5, 5.41) is 2.98. The number of carbonyl (C=O) groups excluding carboxylic acids is 1. The van der Waals surface area contributed by atoms with Crippen molar-refractivity contribution in [2.75, 3.05) is 0 Å². The Kier molecular flexibility index (Phi) is 16.5. The molecule has 0 radical (unpaired) electrons. The topological polar surface area (TPSA) is 105 Å². The Morgan fingerprint density at radius 1 is 1.00 bits per heavy atom. The largest absolute Gasteiger partial charge is 0.351 e. The SMILES string of the molecule is CCCCCCCCCCCC(=O)NC(CC)C(OP(O)O)[C@@H](N)C(C)C. The highest BCUT2D eigenvalue weighted by molar-refractivity contribution is 7.39. The Bertz CT molecular complexity index is 370. The second-order valence-electron chi connectivity index (χ2n) is 7.80. The van der Waals surface area contributed by atoms with Crippen LogP contribution in [-0.2, 0) is 9.32 Å². The number of rotatable bonds is 17. The molecule has 0 aromatic carbocycles. The van der Waals surface area contributed by atoms with E-state index in [0.717, 1.165) is 12.8 Å². The van der Waals surface area contributed by atoms with Crippen molar-refractivity contribution in [1.29, 1.82) is 0 Å². The second kappa shape index (κ2) is 16.7. The molecule has 0 saturated heterocycles. The summed E-state index contributed by atoms with van der Waals surface area (Å²) in [5.41, 5.74) is 6.17. The Labute approximate surface area is 167 Å². The minimum absolute atomic E-state index is 0.0189. The van der Waals surface area contributed by atoms with E-state index in [-0.39, 0.29) is 23.9 Å². The first kappa shape index (κ1) is 26.7. The van der Waals surface area contributed by atoms with Gasteiger partial charge in [0.05, 0.1) is 6.04 Å². The van der Waals surface area contributed by atoms with Crippen molar-refractivity contribution in [3.05, 3.63) is 0 Å². The highest BCUT2D eigenvalue weighted by Crippen LogP contribution is 2.31. The van der Waals surface area contributed by atoms with Crippen LogP contribution in [0, 0.1) is 5.92 Å². The molecule has 0 aliphatic carbocycles. The molecule has 0 rings (SSSR count). The van der Waals surface area contributed by atoms with Crippen molar-refractivity contribution < 1.29 is 19.1 Å². The lowest BCUT2D eigenvalue weighted by atomic mass is 9.93. The number of hydrogen-bond acceptors (Lipinski definition) is 5. The van der Waals surface area contributed by atoms with E-state index in [9.17, 15) is 14.6 Å². The summed E-state index contributed by atoms with van der Waals surface area (Å²) >= 11 is 0. The van der Waals surface area contributed by atoms with E-state index in [1.165, 1.54) is 44.9 Å². The average molecular weight is 407 g/mol. The average Bonchev–Trinajstić information content (AvgIpc) is 2.62. The minimum atomic E-state index is -2.52. The van der Waals surface area contributed by atoms with Crippen LogP contribution in [0.5, 0.6) is 0 Å². The highest BCUT2D eigenvalue weighted by atomic mass is 31.2. The lowest BCUT2D eigenvalue weighted by molar-refractivity contribution is -0.122. The molecule has 6 nitrogen and oxygen atoms in total. The van der Waals surface area contributed by atoms with E-state index >= 15 is 0 Å². The van der Waals surface area contributed by atoms with Gasteiger partial charge in [-0.2, -0.15) is 0 Å². The van der Waals surface area contributed by atoms with E-state index in [1.807, 2.05) is 20.8 Å². The van der Waals surface area contributed by atoms with E-state index in [4.69, 9.17) is 10.3 Å². The van der Waals surface area contributed by atoms with Crippen LogP contribution in [0.15, 0.2) is 0 Å². The van der Waals surface area contributed by atoms with Gasteiger partial charge in [0.2, 0.25) is 5.91 Å². The van der Waals surface area contributed by atoms with Gasteiger partial charge in [0.15, 0.2) is 0 Å². The maximum absolute atomic E-state index is 12.3. The number of nitrogens with two attached hydrogens (primary N) is 1. The Morgan fingerprint density at radius 3 is 1.96 bits per heavy atom. The summed E-state index contributed by atoms with van der Waals surface area (Å²) in [5.74, 6) is 0.0859. The van der Waals surface area contributed by atoms with Crippen LogP contribution in [0.2, 0.25) is 0 Å². The summed E-state index contributed by atoms with van der Waals surface area (Å²) in [7, 11) is -2.52. The smallest absolute Gasteiger partial charge is 0.327 e. The van der Waals surface area contributed by atoms with Crippen molar-refractivity contribution >= 4 is 14.5 Å². The van der Waals surface area contributed by atoms with Gasteiger partial charge >= 0.3 is 8.60 Å². The lowest BCUT2D eigenvalue weighted by Gasteiger charge is -2.33. The van der Waals surface area contributed by atoms with Crippen molar-refractivity contribution in [1.82, 2.24) is 5.32 Å². The van der Waals surface area contributed by atoms with E-state index in [0.29, 0.717) is 12.8 Å². The quantitative estimate of drug-likeness (QED) is 0.212. The summed E-state index contributed by atoms with van der Waals surface area (Å²) < 4.78 is 5.26. The van der Waals surface area contributed by atoms with Crippen LogP contribution in [0.4, 0.5) is 0 Å². The fourth-order valence-corrected chi connectivity index (χ4v) is 3.70. The van der Waals surface area contributed by atoms with Gasteiger partial charge in [0, 0.05) is 12.5 Å². The van der Waals surface area contributed by atoms with Gasteiger partial charge in [-0.25, -0.2) is 0 Å². The van der Waals surface area contributed by atoms with E-state index in [1.54, 1.807) is 0 Å². The minimum Gasteiger partial charge on any atom is -0.351 e. The molecule has 0 aliphatic rings. The zero-order valence-corrected chi connectivity index (χ0v) is 18.7. The molecule has 0 bridgehead atoms. The second-order valence-corrected chi connectivity index (χ2v) is 8.52. The summed E-state index contributed by atoms with van der Waals surface area (Å²) in [4.78, 5) is 30.8. The lowest BCUT2D eigenvalue weighted by Crippen LogP contribution is -2.53. The zero-order chi connectivity index (χ0) is 20.7. The third kappa shape index (κ3) is 13.5. The predicted molar refractivity (Wildman–Crippen MR) is 113 cm³/mol. The Morgan fingerprint density at radius 2 is 1.52 bits per heavy atom. The molecule has 0 aliphatic heterocycles. The molecular formula is C20H43N2O4P. The fraction of sp³-hybridized carbons (Fsp3) is 0.950. The van der Waals surface area contributed by atoms with Gasteiger partial charge in [-0.15, -0.1) is 0 Å². The Hall–Kier alpha value is -0.260. The van der Waals surface area contributed by atoms with Crippen LogP contribution >= 0.6 is 8.60 Å². The summed E-state index contributed by atoms with van der Waals surface area (Å²) in [6.45, 7) is 8.07. The molecular weight excluding hydrogens is 363 g/mol. The van der Waals surface area contributed by atoms with Gasteiger partial charge in [-0.3, -0.25) is 4.79 Å². The van der Waals surface area contributed by atoms with Crippen LogP contribution in [-0.4, -0.2) is 33.9 Å². The molecule has 162 valence electrons. The van der Waals surface area contributed by atoms with Gasteiger partial charge in [0.1, 0.15) is 6.10 Å². The molecule has 0 heterocycles. The molecule has 3 atom stereocenters. The standard InChI is InChI=1S/C20H43N2O4P/c1-5-7-8-9-10-11-12-13-14-15-18(23)22-17(6-2)20(26-27(24)25)19(21)16(3)4/h16-17,19-20,24-25H,5-15,21H2,1-4H3,(H,22,23)/t17?,19-,20?/m0/s1. The summed E-state index contributed by atoms with van der Waals surface area (Å²) in [6.07, 6.45) is 11.4. The first-order valence-corrected chi connectivity index (χ1v) is 11.9. The molecule has 5 N–H and O–H groups in total. The third-order valence-corrected chi connectivity index (χ3v) is 5.49. The van der Waals surface area contributed by atoms with Gasteiger partial charge < -0.3 is 25.4 Å². The van der Waals surface area contributed by atoms with Crippen molar-refractivity contribution in [3.63, 3.8) is 0 Å². The normalized spacial score (nSPS) is 15.1. The number of hydrogen-bond donors (Lipinski definition) is 4. The third-order valence-electron chi connectivity index (χ3n) is 5.06. The Balaban J connectivity index is 4.18. The first-order chi connectivity index (χ1) is 12.8. The summed E-state index contributed by atoms with van der Waals surface area (Å²) in [6, 6.07) is -0.704. The molecule has 0 saturated carbocycles. The zero-order valence-electron chi connectivity index (χ0n) is 17.8. The maximum Gasteiger partial charge on any atom is 0.327 e. The molecule has 1 amide bonds. The van der Waals surface area contributed by atoms with Crippen molar-refractivity contribution in [3.8, 4) is 0 Å². The van der Waals surface area contributed by atoms with Gasteiger partial charge in [-0.1, -0.05) is 79.1 Å². The first-order valence-electron chi connectivity index (χ1n) is 10.7. The molecule has 0 aromatic heterocycles. The molecule has 2 unspecified atom stereocenters. The van der Waals surface area contributed by atoms with Crippen molar-refractivity contribution in [2.24, 2.45) is 11.7 Å². The van der Waals surface area contributed by atoms with Crippen LogP contribution in [0.1, 0.15) is 98.3 Å². The monoisotopic (exact) mass is 406 g/mol. The van der Waals surface area contributed by atoms with E-state index in [2.05, 4.69) is 12.2 Å². The number of nitrogens with one attached hydrogen (secondary N) is 1. The van der Waals surface area contributed by atoms with Gasteiger partial charge in [-0.05, 0) is 18.8 Å². The predicted octanol–water partition coefficient (Wildman–Crippen LogP) is 4.38.